The molecule has 4 rings (SSSR count). The first kappa shape index (κ1) is 18.6. The summed E-state index contributed by atoms with van der Waals surface area (Å²) in [6.07, 6.45) is 0.471. The van der Waals surface area contributed by atoms with E-state index in [1.54, 1.807) is 0 Å². The van der Waals surface area contributed by atoms with Crippen molar-refractivity contribution in [1.82, 2.24) is 0 Å². The van der Waals surface area contributed by atoms with Crippen molar-refractivity contribution in [2.75, 3.05) is 5.32 Å². The minimum Gasteiger partial charge on any atom is -0.481 e. The monoisotopic (exact) mass is 400 g/mol. The minimum absolute atomic E-state index is 0.248. The van der Waals surface area contributed by atoms with Crippen LogP contribution in [0.3, 0.4) is 0 Å². The molecule has 4 atom stereocenters. The van der Waals surface area contributed by atoms with Gasteiger partial charge in [0.25, 0.3) is 5.91 Å². The van der Waals surface area contributed by atoms with Crippen LogP contribution in [-0.2, 0) is 14.3 Å². The molecule has 28 heavy (non-hydrogen) atoms. The number of carbonyl (C=O) groups is 3. The zero-order valence-corrected chi connectivity index (χ0v) is 16.0. The smallest absolute Gasteiger partial charge is 0.310 e. The molecule has 2 bridgehead atoms. The van der Waals surface area contributed by atoms with Gasteiger partial charge < -0.3 is 20.9 Å². The lowest BCUT2D eigenvalue weighted by Crippen LogP contribution is -2.41. The number of aliphatic carboxylic acids is 1. The molecule has 2 fully saturated rings. The van der Waals surface area contributed by atoms with E-state index in [9.17, 15) is 19.5 Å². The maximum Gasteiger partial charge on any atom is 0.310 e. The van der Waals surface area contributed by atoms with E-state index < -0.39 is 41.8 Å². The Balaban J connectivity index is 1.68. The number of carbonyl (C=O) groups excluding carboxylic acids is 2. The standard InChI is InChI=1S/C20H20N2O5S/c1-9-13(10-5-3-2-4-6-10)16(17(21)23)19(28-9)22-18(24)14-11-7-8-12(27-11)15(14)20(25)26/h2-6,11-12,14-15H,7-8H2,1H3,(H2,21,23)(H,22,24)(H,25,26)/t11-,12+,14+,15-/m0/s1. The molecule has 0 aliphatic carbocycles. The fourth-order valence-electron chi connectivity index (χ4n) is 4.34. The van der Waals surface area contributed by atoms with Gasteiger partial charge in [-0.3, -0.25) is 14.4 Å². The predicted molar refractivity (Wildman–Crippen MR) is 104 cm³/mol. The summed E-state index contributed by atoms with van der Waals surface area (Å²) in [7, 11) is 0. The summed E-state index contributed by atoms with van der Waals surface area (Å²) in [5, 5.41) is 12.6. The van der Waals surface area contributed by atoms with Crippen molar-refractivity contribution >= 4 is 34.1 Å². The number of hydrogen-bond donors (Lipinski definition) is 3. The second-order valence-electron chi connectivity index (χ2n) is 7.14. The highest BCUT2D eigenvalue weighted by molar-refractivity contribution is 7.17. The second-order valence-corrected chi connectivity index (χ2v) is 8.36. The Morgan fingerprint density at radius 1 is 1.14 bits per heavy atom. The van der Waals surface area contributed by atoms with Crippen LogP contribution in [0, 0.1) is 18.8 Å². The maximum atomic E-state index is 13.0. The highest BCUT2D eigenvalue weighted by Crippen LogP contribution is 2.45. The lowest BCUT2D eigenvalue weighted by Gasteiger charge is -2.23. The van der Waals surface area contributed by atoms with Gasteiger partial charge in [-0.2, -0.15) is 0 Å². The molecule has 7 nitrogen and oxygen atoms in total. The molecule has 2 saturated heterocycles. The minimum atomic E-state index is -1.03. The summed E-state index contributed by atoms with van der Waals surface area (Å²) < 4.78 is 5.66. The van der Waals surface area contributed by atoms with Gasteiger partial charge in [0, 0.05) is 10.4 Å². The SMILES string of the molecule is Cc1sc(NC(=O)[C@H]2[C@@H](C(=O)O)[C@H]3CC[C@@H]2O3)c(C(N)=O)c1-c1ccccc1. The van der Waals surface area contributed by atoms with E-state index in [1.807, 2.05) is 37.3 Å². The molecular weight excluding hydrogens is 380 g/mol. The summed E-state index contributed by atoms with van der Waals surface area (Å²) in [6.45, 7) is 1.86. The molecule has 0 saturated carbocycles. The first-order valence-electron chi connectivity index (χ1n) is 9.06. The van der Waals surface area contributed by atoms with Crippen molar-refractivity contribution in [3.8, 4) is 11.1 Å². The summed E-state index contributed by atoms with van der Waals surface area (Å²) >= 11 is 1.26. The van der Waals surface area contributed by atoms with E-state index in [1.165, 1.54) is 11.3 Å². The molecule has 2 amide bonds. The first-order chi connectivity index (χ1) is 13.4. The molecule has 2 aliphatic heterocycles. The molecule has 146 valence electrons. The zero-order valence-electron chi connectivity index (χ0n) is 15.2. The number of carboxylic acids is 1. The number of benzene rings is 1. The van der Waals surface area contributed by atoms with Crippen LogP contribution in [0.4, 0.5) is 5.00 Å². The number of amides is 2. The first-order valence-corrected chi connectivity index (χ1v) is 9.88. The van der Waals surface area contributed by atoms with Gasteiger partial charge >= 0.3 is 5.97 Å². The summed E-state index contributed by atoms with van der Waals surface area (Å²) in [4.78, 5) is 37.6. The summed E-state index contributed by atoms with van der Waals surface area (Å²) in [5.74, 6) is -3.76. The van der Waals surface area contributed by atoms with Gasteiger partial charge in [-0.05, 0) is 25.3 Å². The number of anilines is 1. The number of ether oxygens (including phenoxy) is 1. The van der Waals surface area contributed by atoms with E-state index in [2.05, 4.69) is 5.32 Å². The normalized spacial score (nSPS) is 25.6. The molecule has 1 aromatic heterocycles. The van der Waals surface area contributed by atoms with Crippen LogP contribution in [0.5, 0.6) is 0 Å². The van der Waals surface area contributed by atoms with E-state index >= 15 is 0 Å². The number of nitrogens with one attached hydrogen (secondary N) is 1. The molecule has 2 aromatic rings. The number of rotatable bonds is 5. The Bertz CT molecular complexity index is 955. The molecule has 2 aliphatic rings. The lowest BCUT2D eigenvalue weighted by molar-refractivity contribution is -0.147. The molecule has 4 N–H and O–H groups in total. The van der Waals surface area contributed by atoms with Crippen LogP contribution in [0.2, 0.25) is 0 Å². The van der Waals surface area contributed by atoms with Gasteiger partial charge in [0.15, 0.2) is 0 Å². The van der Waals surface area contributed by atoms with Crippen molar-refractivity contribution < 1.29 is 24.2 Å². The highest BCUT2D eigenvalue weighted by Gasteiger charge is 2.55. The van der Waals surface area contributed by atoms with Gasteiger partial charge in [-0.1, -0.05) is 30.3 Å². The van der Waals surface area contributed by atoms with Crippen molar-refractivity contribution in [2.45, 2.75) is 32.0 Å². The van der Waals surface area contributed by atoms with Gasteiger partial charge in [-0.25, -0.2) is 0 Å². The molecular formula is C20H20N2O5S. The Labute approximate surface area is 165 Å². The average Bonchev–Trinajstić information content (AvgIpc) is 3.34. The number of fused-ring (bicyclic) bond motifs is 2. The zero-order chi connectivity index (χ0) is 20.0. The third kappa shape index (κ3) is 2.98. The maximum absolute atomic E-state index is 13.0. The van der Waals surface area contributed by atoms with Gasteiger partial charge in [0.1, 0.15) is 5.00 Å². The summed E-state index contributed by atoms with van der Waals surface area (Å²) in [6, 6.07) is 9.34. The van der Waals surface area contributed by atoms with Crippen LogP contribution in [0.15, 0.2) is 30.3 Å². The lowest BCUT2D eigenvalue weighted by atomic mass is 9.78. The largest absolute Gasteiger partial charge is 0.481 e. The van der Waals surface area contributed by atoms with Crippen molar-refractivity contribution in [3.63, 3.8) is 0 Å². The fourth-order valence-corrected chi connectivity index (χ4v) is 5.42. The molecule has 0 radical (unpaired) electrons. The molecule has 1 aromatic carbocycles. The Kier molecular flexibility index (Phi) is 4.68. The van der Waals surface area contributed by atoms with Crippen molar-refractivity contribution in [3.05, 3.63) is 40.8 Å². The Hall–Kier alpha value is -2.71. The summed E-state index contributed by atoms with van der Waals surface area (Å²) in [5.41, 5.74) is 7.40. The molecule has 0 spiro atoms. The third-order valence-corrected chi connectivity index (χ3v) is 6.51. The van der Waals surface area contributed by atoms with E-state index in [0.717, 1.165) is 10.4 Å². The number of thiophene rings is 1. The van der Waals surface area contributed by atoms with Crippen LogP contribution in [0.25, 0.3) is 11.1 Å². The average molecular weight is 400 g/mol. The van der Waals surface area contributed by atoms with Gasteiger partial charge in [-0.15, -0.1) is 11.3 Å². The highest BCUT2D eigenvalue weighted by atomic mass is 32.1. The number of carboxylic acid groups (broad SMARTS) is 1. The third-order valence-electron chi connectivity index (χ3n) is 5.49. The van der Waals surface area contributed by atoms with Crippen LogP contribution >= 0.6 is 11.3 Å². The number of aryl methyl sites for hydroxylation is 1. The molecule has 8 heteroatoms. The Morgan fingerprint density at radius 2 is 1.79 bits per heavy atom. The van der Waals surface area contributed by atoms with E-state index in [-0.39, 0.29) is 5.56 Å². The van der Waals surface area contributed by atoms with Crippen LogP contribution in [-0.4, -0.2) is 35.1 Å². The predicted octanol–water partition coefficient (Wildman–Crippen LogP) is 2.64. The van der Waals surface area contributed by atoms with E-state index in [0.29, 0.717) is 23.4 Å². The fraction of sp³-hybridized carbons (Fsp3) is 0.350. The number of hydrogen-bond acceptors (Lipinski definition) is 5. The van der Waals surface area contributed by atoms with Crippen molar-refractivity contribution in [2.24, 2.45) is 17.6 Å². The van der Waals surface area contributed by atoms with Gasteiger partial charge in [0.05, 0.1) is 29.6 Å². The van der Waals surface area contributed by atoms with Crippen LogP contribution in [0.1, 0.15) is 28.1 Å². The Morgan fingerprint density at radius 3 is 2.39 bits per heavy atom. The second kappa shape index (κ2) is 7.03. The molecule has 3 heterocycles. The van der Waals surface area contributed by atoms with E-state index in [4.69, 9.17) is 10.5 Å². The quantitative estimate of drug-likeness (QED) is 0.713. The molecule has 0 unspecified atom stereocenters. The topological polar surface area (TPSA) is 119 Å². The number of primary amides is 1. The van der Waals surface area contributed by atoms with Crippen molar-refractivity contribution in [1.29, 1.82) is 0 Å². The number of nitrogens with two attached hydrogens (primary N) is 1. The van der Waals surface area contributed by atoms with Gasteiger partial charge in [0.2, 0.25) is 5.91 Å². The van der Waals surface area contributed by atoms with Crippen LogP contribution < -0.4 is 11.1 Å².